The topological polar surface area (TPSA) is 96.4 Å². The van der Waals surface area contributed by atoms with E-state index in [0.717, 1.165) is 0 Å². The number of carboxylic acids is 1. The molecule has 0 spiro atoms. The van der Waals surface area contributed by atoms with Crippen LogP contribution in [-0.4, -0.2) is 72.1 Å². The van der Waals surface area contributed by atoms with Crippen LogP contribution in [0.1, 0.15) is 12.8 Å². The van der Waals surface area contributed by atoms with Crippen LogP contribution in [0.15, 0.2) is 24.3 Å². The number of hydrogen-bond donors (Lipinski definition) is 1. The molecule has 0 saturated carbocycles. The predicted octanol–water partition coefficient (Wildman–Crippen LogP) is 0.608. The molecule has 0 radical (unpaired) electrons. The van der Waals surface area contributed by atoms with E-state index in [2.05, 4.69) is 0 Å². The summed E-state index contributed by atoms with van der Waals surface area (Å²) < 4.78 is 11.2. The standard InChI is InChI=1S/C18H22N2O6/c1-19(10-16(21)20-8-6-12(7-9-20)18(23)24)17(22)15-11-25-13-4-2-3-5-14(13)26-15/h2-5,12,15H,6-11H2,1H3,(H,23,24). The van der Waals surface area contributed by atoms with Crippen LogP contribution in [0.3, 0.4) is 0 Å². The van der Waals surface area contributed by atoms with Gasteiger partial charge < -0.3 is 24.4 Å². The number of likely N-dealkylation sites (N-methyl/N-ethyl adjacent to an activating group) is 1. The molecule has 0 bridgehead atoms. The fourth-order valence-corrected chi connectivity index (χ4v) is 3.14. The zero-order valence-electron chi connectivity index (χ0n) is 14.6. The molecule has 1 N–H and O–H groups in total. The van der Waals surface area contributed by atoms with Gasteiger partial charge >= 0.3 is 5.97 Å². The van der Waals surface area contributed by atoms with Gasteiger partial charge in [0.1, 0.15) is 6.61 Å². The maximum absolute atomic E-state index is 12.5. The van der Waals surface area contributed by atoms with Gasteiger partial charge in [0.05, 0.1) is 12.5 Å². The zero-order valence-corrected chi connectivity index (χ0v) is 14.6. The maximum Gasteiger partial charge on any atom is 0.306 e. The van der Waals surface area contributed by atoms with Crippen LogP contribution in [0.2, 0.25) is 0 Å². The Morgan fingerprint density at radius 3 is 2.50 bits per heavy atom. The number of aliphatic carboxylic acids is 1. The zero-order chi connectivity index (χ0) is 18.7. The highest BCUT2D eigenvalue weighted by atomic mass is 16.6. The second-order valence-electron chi connectivity index (χ2n) is 6.55. The molecule has 3 rings (SSSR count). The molecule has 1 atom stereocenters. The van der Waals surface area contributed by atoms with Crippen molar-refractivity contribution in [3.63, 3.8) is 0 Å². The van der Waals surface area contributed by atoms with E-state index in [1.54, 1.807) is 30.1 Å². The van der Waals surface area contributed by atoms with Crippen molar-refractivity contribution in [1.29, 1.82) is 0 Å². The van der Waals surface area contributed by atoms with E-state index in [1.807, 2.05) is 6.07 Å². The Bertz CT molecular complexity index is 699. The Morgan fingerprint density at radius 2 is 1.85 bits per heavy atom. The number of fused-ring (bicyclic) bond motifs is 1. The quantitative estimate of drug-likeness (QED) is 0.843. The monoisotopic (exact) mass is 362 g/mol. The first kappa shape index (κ1) is 18.0. The predicted molar refractivity (Wildman–Crippen MR) is 90.9 cm³/mol. The maximum atomic E-state index is 12.5. The van der Waals surface area contributed by atoms with Crippen molar-refractivity contribution in [3.05, 3.63) is 24.3 Å². The summed E-state index contributed by atoms with van der Waals surface area (Å²) >= 11 is 0. The summed E-state index contributed by atoms with van der Waals surface area (Å²) in [5.74, 6) is -0.635. The normalized spacial score (nSPS) is 19.7. The van der Waals surface area contributed by atoms with Crippen LogP contribution >= 0.6 is 0 Å². The van der Waals surface area contributed by atoms with Crippen LogP contribution in [0.5, 0.6) is 11.5 Å². The van der Waals surface area contributed by atoms with Crippen molar-refractivity contribution in [2.45, 2.75) is 18.9 Å². The minimum Gasteiger partial charge on any atom is -0.485 e. The van der Waals surface area contributed by atoms with Crippen molar-refractivity contribution in [2.75, 3.05) is 33.3 Å². The number of piperidine rings is 1. The number of carbonyl (C=O) groups excluding carboxylic acids is 2. The van der Waals surface area contributed by atoms with E-state index < -0.39 is 18.0 Å². The summed E-state index contributed by atoms with van der Waals surface area (Å²) in [6.45, 7) is 0.818. The Kier molecular flexibility index (Phi) is 5.29. The highest BCUT2D eigenvalue weighted by Gasteiger charge is 2.32. The largest absolute Gasteiger partial charge is 0.485 e. The van der Waals surface area contributed by atoms with Crippen LogP contribution in [0.25, 0.3) is 0 Å². The number of para-hydroxylation sites is 2. The van der Waals surface area contributed by atoms with Gasteiger partial charge in [-0.15, -0.1) is 0 Å². The number of carbonyl (C=O) groups is 3. The summed E-state index contributed by atoms with van der Waals surface area (Å²) in [6, 6.07) is 7.11. The van der Waals surface area contributed by atoms with Gasteiger partial charge in [-0.3, -0.25) is 14.4 Å². The molecular formula is C18H22N2O6. The summed E-state index contributed by atoms with van der Waals surface area (Å²) in [6.07, 6.45) is 0.0879. The van der Waals surface area contributed by atoms with Gasteiger partial charge in [-0.25, -0.2) is 0 Å². The first-order valence-electron chi connectivity index (χ1n) is 8.59. The van der Waals surface area contributed by atoms with Crippen molar-refractivity contribution >= 4 is 17.8 Å². The molecule has 0 aromatic heterocycles. The van der Waals surface area contributed by atoms with Gasteiger partial charge in [-0.1, -0.05) is 12.1 Å². The minimum absolute atomic E-state index is 0.0714. The summed E-state index contributed by atoms with van der Waals surface area (Å²) in [5.41, 5.74) is 0. The van der Waals surface area contributed by atoms with Crippen LogP contribution in [-0.2, 0) is 14.4 Å². The van der Waals surface area contributed by atoms with Gasteiger partial charge in [0.25, 0.3) is 5.91 Å². The third-order valence-corrected chi connectivity index (χ3v) is 4.73. The smallest absolute Gasteiger partial charge is 0.306 e. The summed E-state index contributed by atoms with van der Waals surface area (Å²) in [4.78, 5) is 38.8. The fourth-order valence-electron chi connectivity index (χ4n) is 3.14. The summed E-state index contributed by atoms with van der Waals surface area (Å²) in [7, 11) is 1.55. The van der Waals surface area contributed by atoms with E-state index in [0.29, 0.717) is 37.4 Å². The van der Waals surface area contributed by atoms with Crippen LogP contribution in [0.4, 0.5) is 0 Å². The van der Waals surface area contributed by atoms with Crippen molar-refractivity contribution < 1.29 is 29.0 Å². The Balaban J connectivity index is 1.52. The molecule has 2 aliphatic heterocycles. The lowest BCUT2D eigenvalue weighted by molar-refractivity contribution is -0.148. The van der Waals surface area contributed by atoms with Crippen LogP contribution < -0.4 is 9.47 Å². The van der Waals surface area contributed by atoms with E-state index in [9.17, 15) is 14.4 Å². The number of ether oxygens (including phenoxy) is 2. The van der Waals surface area contributed by atoms with Gasteiger partial charge in [0.2, 0.25) is 12.0 Å². The first-order chi connectivity index (χ1) is 12.5. The third-order valence-electron chi connectivity index (χ3n) is 4.73. The Labute approximate surface area is 151 Å². The second-order valence-corrected chi connectivity index (χ2v) is 6.55. The molecule has 8 nitrogen and oxygen atoms in total. The second kappa shape index (κ2) is 7.63. The molecule has 26 heavy (non-hydrogen) atoms. The lowest BCUT2D eigenvalue weighted by Gasteiger charge is -2.32. The van der Waals surface area contributed by atoms with E-state index in [4.69, 9.17) is 14.6 Å². The highest BCUT2D eigenvalue weighted by Crippen LogP contribution is 2.31. The van der Waals surface area contributed by atoms with Crippen LogP contribution in [0, 0.1) is 5.92 Å². The average Bonchev–Trinajstić information content (AvgIpc) is 2.67. The van der Waals surface area contributed by atoms with E-state index >= 15 is 0 Å². The lowest BCUT2D eigenvalue weighted by atomic mass is 9.97. The number of benzene rings is 1. The van der Waals surface area contributed by atoms with Gasteiger partial charge in [-0.05, 0) is 25.0 Å². The fraction of sp³-hybridized carbons (Fsp3) is 0.500. The Hall–Kier alpha value is -2.77. The minimum atomic E-state index is -0.820. The molecule has 140 valence electrons. The van der Waals surface area contributed by atoms with Gasteiger partial charge in [0.15, 0.2) is 11.5 Å². The number of nitrogens with zero attached hydrogens (tertiary/aromatic N) is 2. The lowest BCUT2D eigenvalue weighted by Crippen LogP contribution is -2.50. The number of carboxylic acid groups (broad SMARTS) is 1. The van der Waals surface area contributed by atoms with Gasteiger partial charge in [0, 0.05) is 20.1 Å². The third kappa shape index (κ3) is 3.89. The molecule has 2 heterocycles. The van der Waals surface area contributed by atoms with E-state index in [1.165, 1.54) is 4.90 Å². The van der Waals surface area contributed by atoms with Crippen molar-refractivity contribution in [2.24, 2.45) is 5.92 Å². The molecule has 2 aliphatic rings. The molecule has 1 unspecified atom stereocenters. The number of rotatable bonds is 4. The average molecular weight is 362 g/mol. The molecule has 1 fully saturated rings. The van der Waals surface area contributed by atoms with Gasteiger partial charge in [-0.2, -0.15) is 0 Å². The number of likely N-dealkylation sites (tertiary alicyclic amines) is 1. The van der Waals surface area contributed by atoms with Crippen molar-refractivity contribution in [1.82, 2.24) is 9.80 Å². The number of hydrogen-bond acceptors (Lipinski definition) is 5. The summed E-state index contributed by atoms with van der Waals surface area (Å²) in [5, 5.41) is 9.01. The molecule has 1 aromatic rings. The SMILES string of the molecule is CN(CC(=O)N1CCC(C(=O)O)CC1)C(=O)C1COc2ccccc2O1. The molecule has 8 heteroatoms. The van der Waals surface area contributed by atoms with Crippen molar-refractivity contribution in [3.8, 4) is 11.5 Å². The molecule has 2 amide bonds. The molecule has 1 saturated heterocycles. The molecule has 1 aromatic carbocycles. The number of amides is 2. The van der Waals surface area contributed by atoms with E-state index in [-0.39, 0.29) is 25.0 Å². The molecule has 0 aliphatic carbocycles. The molecular weight excluding hydrogens is 340 g/mol. The highest BCUT2D eigenvalue weighted by molar-refractivity contribution is 5.87. The first-order valence-corrected chi connectivity index (χ1v) is 8.59. The Morgan fingerprint density at radius 1 is 1.19 bits per heavy atom.